The fourth-order valence-electron chi connectivity index (χ4n) is 1.87. The maximum Gasteiger partial charge on any atom is 0.437 e. The van der Waals surface area contributed by atoms with Crippen molar-refractivity contribution >= 4 is 0 Å². The molecule has 3 rings (SSSR count). The number of hydrogen-bond donors (Lipinski definition) is 0. The van der Waals surface area contributed by atoms with Crippen molar-refractivity contribution in [2.75, 3.05) is 0 Å². The molecular weight excluding hydrogens is 303 g/mol. The molecule has 0 aliphatic carbocycles. The summed E-state index contributed by atoms with van der Waals surface area (Å²) in [5.41, 5.74) is 0.227. The summed E-state index contributed by atoms with van der Waals surface area (Å²) in [5.74, 6) is -0.114. The normalized spacial score (nSPS) is 11.8. The predicted molar refractivity (Wildman–Crippen MR) is 78.3 cm³/mol. The van der Waals surface area contributed by atoms with E-state index in [-0.39, 0.29) is 23.7 Å². The van der Waals surface area contributed by atoms with E-state index in [0.717, 1.165) is 4.68 Å². The fourth-order valence-corrected chi connectivity index (χ4v) is 1.87. The molecule has 7 nitrogen and oxygen atoms in total. The number of hydrogen-bond acceptors (Lipinski definition) is 6. The molecule has 0 amide bonds. The van der Waals surface area contributed by atoms with Crippen LogP contribution in [-0.4, -0.2) is 19.9 Å². The van der Waals surface area contributed by atoms with Crippen molar-refractivity contribution in [3.05, 3.63) is 52.3 Å². The number of rotatable bonds is 3. The Balaban J connectivity index is 1.86. The molecule has 23 heavy (non-hydrogen) atoms. The van der Waals surface area contributed by atoms with Gasteiger partial charge >= 0.3 is 5.76 Å². The first-order valence-corrected chi connectivity index (χ1v) is 7.00. The van der Waals surface area contributed by atoms with Crippen LogP contribution in [0.2, 0.25) is 0 Å². The molecule has 2 heterocycles. The molecule has 3 aromatic rings. The van der Waals surface area contributed by atoms with Gasteiger partial charge in [0.05, 0.1) is 0 Å². The van der Waals surface area contributed by atoms with E-state index in [1.807, 2.05) is 20.8 Å². The van der Waals surface area contributed by atoms with Crippen LogP contribution in [0.4, 0.5) is 4.39 Å². The van der Waals surface area contributed by atoms with Gasteiger partial charge in [-0.05, 0) is 24.3 Å². The van der Waals surface area contributed by atoms with Crippen LogP contribution in [0.5, 0.6) is 0 Å². The molecule has 8 heteroatoms. The molecule has 0 bridgehead atoms. The van der Waals surface area contributed by atoms with E-state index in [1.54, 1.807) is 0 Å². The van der Waals surface area contributed by atoms with Crippen molar-refractivity contribution in [2.24, 2.45) is 0 Å². The van der Waals surface area contributed by atoms with Crippen LogP contribution >= 0.6 is 0 Å². The van der Waals surface area contributed by atoms with Crippen molar-refractivity contribution in [3.8, 4) is 11.5 Å². The fraction of sp³-hybridized carbons (Fsp3) is 0.333. The van der Waals surface area contributed by atoms with Crippen molar-refractivity contribution in [2.45, 2.75) is 32.7 Å². The first kappa shape index (κ1) is 15.1. The van der Waals surface area contributed by atoms with Crippen LogP contribution in [-0.2, 0) is 12.0 Å². The van der Waals surface area contributed by atoms with Crippen LogP contribution in [0, 0.1) is 5.82 Å². The van der Waals surface area contributed by atoms with E-state index in [9.17, 15) is 9.18 Å². The van der Waals surface area contributed by atoms with E-state index in [4.69, 9.17) is 8.94 Å². The van der Waals surface area contributed by atoms with Crippen molar-refractivity contribution in [3.63, 3.8) is 0 Å². The van der Waals surface area contributed by atoms with Gasteiger partial charge in [-0.3, -0.25) is 0 Å². The lowest BCUT2D eigenvalue weighted by atomic mass is 9.97. The molecule has 0 atom stereocenters. The van der Waals surface area contributed by atoms with Crippen LogP contribution in [0.25, 0.3) is 11.5 Å². The minimum atomic E-state index is -0.647. The number of nitrogens with zero attached hydrogens (tertiary/aromatic N) is 4. The zero-order chi connectivity index (χ0) is 16.6. The van der Waals surface area contributed by atoms with E-state index in [2.05, 4.69) is 15.2 Å². The minimum absolute atomic E-state index is 0.0309. The molecule has 0 fully saturated rings. The third-order valence-corrected chi connectivity index (χ3v) is 3.10. The summed E-state index contributed by atoms with van der Waals surface area (Å²) in [7, 11) is 0. The highest BCUT2D eigenvalue weighted by Gasteiger charge is 2.22. The monoisotopic (exact) mass is 318 g/mol. The molecule has 0 saturated carbocycles. The van der Waals surface area contributed by atoms with Gasteiger partial charge in [-0.1, -0.05) is 25.9 Å². The highest BCUT2D eigenvalue weighted by molar-refractivity contribution is 5.51. The van der Waals surface area contributed by atoms with Crippen molar-refractivity contribution in [1.29, 1.82) is 0 Å². The third kappa shape index (κ3) is 3.20. The topological polar surface area (TPSA) is 87.0 Å². The Morgan fingerprint density at radius 2 is 1.91 bits per heavy atom. The average Bonchev–Trinajstić information content (AvgIpc) is 3.08. The summed E-state index contributed by atoms with van der Waals surface area (Å²) < 4.78 is 24.3. The summed E-state index contributed by atoms with van der Waals surface area (Å²) >= 11 is 0. The van der Waals surface area contributed by atoms with Gasteiger partial charge in [0.1, 0.15) is 12.4 Å². The summed E-state index contributed by atoms with van der Waals surface area (Å²) in [6, 6.07) is 5.50. The van der Waals surface area contributed by atoms with E-state index < -0.39 is 5.76 Å². The van der Waals surface area contributed by atoms with Gasteiger partial charge in [-0.25, -0.2) is 9.18 Å². The third-order valence-electron chi connectivity index (χ3n) is 3.10. The minimum Gasteiger partial charge on any atom is -0.388 e. The Bertz CT molecular complexity index is 871. The first-order valence-electron chi connectivity index (χ1n) is 7.00. The Morgan fingerprint density at radius 1 is 1.22 bits per heavy atom. The smallest absolute Gasteiger partial charge is 0.388 e. The van der Waals surface area contributed by atoms with Gasteiger partial charge in [0.25, 0.3) is 0 Å². The number of aromatic nitrogens is 4. The molecule has 0 saturated heterocycles. The standard InChI is InChI=1S/C15H15FN4O3/c1-15(2,3)13-17-11(19-23-13)8-20-14(21)22-12(18-20)9-4-6-10(16)7-5-9/h4-7H,8H2,1-3H3. The van der Waals surface area contributed by atoms with Crippen LogP contribution in [0.3, 0.4) is 0 Å². The molecular formula is C15H15FN4O3. The molecule has 0 aliphatic heterocycles. The zero-order valence-electron chi connectivity index (χ0n) is 12.9. The second kappa shape index (κ2) is 5.45. The summed E-state index contributed by atoms with van der Waals surface area (Å²) in [6.45, 7) is 5.86. The predicted octanol–water partition coefficient (Wildman–Crippen LogP) is 2.37. The highest BCUT2D eigenvalue weighted by Crippen LogP contribution is 2.20. The summed E-state index contributed by atoms with van der Waals surface area (Å²) in [4.78, 5) is 16.1. The molecule has 120 valence electrons. The quantitative estimate of drug-likeness (QED) is 0.737. The highest BCUT2D eigenvalue weighted by atomic mass is 19.1. The largest absolute Gasteiger partial charge is 0.437 e. The van der Waals surface area contributed by atoms with Gasteiger partial charge in [0.15, 0.2) is 5.82 Å². The lowest BCUT2D eigenvalue weighted by Gasteiger charge is -2.10. The summed E-state index contributed by atoms with van der Waals surface area (Å²) in [5, 5.41) is 7.91. The van der Waals surface area contributed by atoms with E-state index >= 15 is 0 Å². The van der Waals surface area contributed by atoms with Crippen molar-refractivity contribution in [1.82, 2.24) is 19.9 Å². The maximum absolute atomic E-state index is 12.9. The van der Waals surface area contributed by atoms with Crippen molar-refractivity contribution < 1.29 is 13.3 Å². The van der Waals surface area contributed by atoms with Gasteiger partial charge < -0.3 is 8.94 Å². The second-order valence-corrected chi connectivity index (χ2v) is 6.10. The molecule has 1 aromatic carbocycles. The SMILES string of the molecule is CC(C)(C)c1nc(Cn2nc(-c3ccc(F)cc3)oc2=O)no1. The van der Waals surface area contributed by atoms with Crippen LogP contribution in [0.15, 0.2) is 38.0 Å². The van der Waals surface area contributed by atoms with E-state index in [0.29, 0.717) is 17.3 Å². The number of halogens is 1. The van der Waals surface area contributed by atoms with Crippen LogP contribution < -0.4 is 5.76 Å². The average molecular weight is 318 g/mol. The van der Waals surface area contributed by atoms with Gasteiger partial charge in [-0.15, -0.1) is 5.10 Å². The summed E-state index contributed by atoms with van der Waals surface area (Å²) in [6.07, 6.45) is 0. The van der Waals surface area contributed by atoms with E-state index in [1.165, 1.54) is 24.3 Å². The van der Waals surface area contributed by atoms with Gasteiger partial charge in [0, 0.05) is 11.0 Å². The molecule has 0 unspecified atom stereocenters. The van der Waals surface area contributed by atoms with Gasteiger partial charge in [0.2, 0.25) is 11.8 Å². The lowest BCUT2D eigenvalue weighted by molar-refractivity contribution is 0.317. The molecule has 0 spiro atoms. The Labute approximate surface area is 130 Å². The first-order chi connectivity index (χ1) is 10.8. The number of benzene rings is 1. The Kier molecular flexibility index (Phi) is 3.59. The lowest BCUT2D eigenvalue weighted by Crippen LogP contribution is -2.18. The molecule has 0 radical (unpaired) electrons. The Hall–Kier alpha value is -2.77. The van der Waals surface area contributed by atoms with Crippen LogP contribution in [0.1, 0.15) is 32.5 Å². The Morgan fingerprint density at radius 3 is 2.52 bits per heavy atom. The van der Waals surface area contributed by atoms with Gasteiger partial charge in [-0.2, -0.15) is 9.67 Å². The maximum atomic E-state index is 12.9. The molecule has 2 aromatic heterocycles. The second-order valence-electron chi connectivity index (χ2n) is 6.10. The molecule has 0 aliphatic rings. The molecule has 0 N–H and O–H groups in total. The zero-order valence-corrected chi connectivity index (χ0v) is 12.9.